The Morgan fingerprint density at radius 2 is 2.00 bits per heavy atom. The zero-order chi connectivity index (χ0) is 9.26. The molecule has 2 nitrogen and oxygen atoms in total. The van der Waals surface area contributed by atoms with E-state index in [1.54, 1.807) is 23.9 Å². The van der Waals surface area contributed by atoms with Gasteiger partial charge in [-0.2, -0.15) is 0 Å². The number of rotatable bonds is 2. The fraction of sp³-hybridized carbons (Fsp3) is 0.300. The van der Waals surface area contributed by atoms with Crippen molar-refractivity contribution in [3.8, 4) is 5.75 Å². The van der Waals surface area contributed by atoms with Gasteiger partial charge in [0.05, 0.1) is 0 Å². The van der Waals surface area contributed by atoms with Crippen molar-refractivity contribution in [2.24, 2.45) is 0 Å². The highest BCUT2D eigenvalue weighted by Crippen LogP contribution is 2.38. The minimum Gasteiger partial charge on any atom is -0.507 e. The van der Waals surface area contributed by atoms with Crippen molar-refractivity contribution in [1.29, 1.82) is 0 Å². The lowest BCUT2D eigenvalue weighted by atomic mass is 9.98. The molecule has 1 aromatic carbocycles. The van der Waals surface area contributed by atoms with E-state index in [9.17, 15) is 9.90 Å². The molecule has 1 saturated carbocycles. The highest BCUT2D eigenvalue weighted by molar-refractivity contribution is 8.00. The SMILES string of the molecule is O=C1CC(Sc2ccccc2O)C1. The molecule has 2 rings (SSSR count). The number of hydrogen-bond acceptors (Lipinski definition) is 3. The molecule has 3 heteroatoms. The first-order valence-electron chi connectivity index (χ1n) is 4.22. The molecule has 1 aliphatic rings. The van der Waals surface area contributed by atoms with Crippen molar-refractivity contribution in [3.63, 3.8) is 0 Å². The summed E-state index contributed by atoms with van der Waals surface area (Å²) in [4.78, 5) is 11.6. The molecule has 1 aromatic rings. The molecule has 0 aromatic heterocycles. The van der Waals surface area contributed by atoms with Gasteiger partial charge in [0.25, 0.3) is 0 Å². The number of phenolic OH excluding ortho intramolecular Hbond substituents is 1. The third kappa shape index (κ3) is 1.86. The van der Waals surface area contributed by atoms with Crippen molar-refractivity contribution in [1.82, 2.24) is 0 Å². The van der Waals surface area contributed by atoms with Crippen LogP contribution in [0.25, 0.3) is 0 Å². The number of hydrogen-bond donors (Lipinski definition) is 1. The van der Waals surface area contributed by atoms with E-state index >= 15 is 0 Å². The zero-order valence-electron chi connectivity index (χ0n) is 7.06. The molecule has 1 aliphatic carbocycles. The molecular formula is C10H10O2S. The lowest BCUT2D eigenvalue weighted by molar-refractivity contribution is -0.123. The average molecular weight is 194 g/mol. The molecule has 1 N–H and O–H groups in total. The monoisotopic (exact) mass is 194 g/mol. The van der Waals surface area contributed by atoms with E-state index in [-0.39, 0.29) is 0 Å². The Kier molecular flexibility index (Phi) is 2.27. The number of benzene rings is 1. The highest BCUT2D eigenvalue weighted by Gasteiger charge is 2.27. The normalized spacial score (nSPS) is 17.1. The van der Waals surface area contributed by atoms with Crippen LogP contribution in [0.3, 0.4) is 0 Å². The number of ketones is 1. The van der Waals surface area contributed by atoms with Crippen LogP contribution in [0, 0.1) is 0 Å². The van der Waals surface area contributed by atoms with Gasteiger partial charge in [-0.05, 0) is 12.1 Å². The molecule has 68 valence electrons. The largest absolute Gasteiger partial charge is 0.507 e. The topological polar surface area (TPSA) is 37.3 Å². The van der Waals surface area contributed by atoms with Crippen LogP contribution in [-0.4, -0.2) is 16.1 Å². The summed E-state index contributed by atoms with van der Waals surface area (Å²) in [6.07, 6.45) is 1.30. The van der Waals surface area contributed by atoms with Crippen molar-refractivity contribution in [2.75, 3.05) is 0 Å². The maximum Gasteiger partial charge on any atom is 0.135 e. The van der Waals surface area contributed by atoms with Crippen LogP contribution < -0.4 is 0 Å². The van der Waals surface area contributed by atoms with Gasteiger partial charge in [-0.25, -0.2) is 0 Å². The van der Waals surface area contributed by atoms with Crippen LogP contribution in [0.5, 0.6) is 5.75 Å². The summed E-state index contributed by atoms with van der Waals surface area (Å²) >= 11 is 1.59. The second-order valence-corrected chi connectivity index (χ2v) is 4.50. The van der Waals surface area contributed by atoms with Gasteiger partial charge in [-0.3, -0.25) is 4.79 Å². The lowest BCUT2D eigenvalue weighted by Crippen LogP contribution is -2.25. The maximum absolute atomic E-state index is 10.7. The molecule has 1 fully saturated rings. The summed E-state index contributed by atoms with van der Waals surface area (Å²) in [5.41, 5.74) is 0. The van der Waals surface area contributed by atoms with Gasteiger partial charge in [-0.1, -0.05) is 12.1 Å². The van der Waals surface area contributed by atoms with E-state index in [0.29, 0.717) is 29.6 Å². The second kappa shape index (κ2) is 3.42. The Labute approximate surface area is 81.0 Å². The van der Waals surface area contributed by atoms with E-state index in [4.69, 9.17) is 0 Å². The smallest absolute Gasteiger partial charge is 0.135 e. The molecule has 0 atom stereocenters. The predicted octanol–water partition coefficient (Wildman–Crippen LogP) is 2.22. The summed E-state index contributed by atoms with van der Waals surface area (Å²) in [7, 11) is 0. The standard InChI is InChI=1S/C10H10O2S/c11-7-5-8(6-7)13-10-4-2-1-3-9(10)12/h1-4,8,12H,5-6H2. The average Bonchev–Trinajstić information content (AvgIpc) is 2.06. The fourth-order valence-corrected chi connectivity index (χ4v) is 2.51. The number of Topliss-reactive ketones (excluding diaryl/α,β-unsaturated/α-hetero) is 1. The fourth-order valence-electron chi connectivity index (χ4n) is 1.27. The summed E-state index contributed by atoms with van der Waals surface area (Å²) in [5.74, 6) is 0.639. The summed E-state index contributed by atoms with van der Waals surface area (Å²) in [6.45, 7) is 0. The number of aromatic hydroxyl groups is 1. The summed E-state index contributed by atoms with van der Waals surface area (Å²) in [5, 5.41) is 9.81. The molecule has 0 bridgehead atoms. The number of thioether (sulfide) groups is 1. The van der Waals surface area contributed by atoms with Crippen LogP contribution in [0.4, 0.5) is 0 Å². The summed E-state index contributed by atoms with van der Waals surface area (Å²) in [6, 6.07) is 7.24. The quantitative estimate of drug-likeness (QED) is 0.784. The van der Waals surface area contributed by atoms with Crippen LogP contribution in [0.1, 0.15) is 12.8 Å². The van der Waals surface area contributed by atoms with Crippen molar-refractivity contribution < 1.29 is 9.90 Å². The molecule has 0 radical (unpaired) electrons. The first-order valence-corrected chi connectivity index (χ1v) is 5.10. The van der Waals surface area contributed by atoms with Crippen molar-refractivity contribution in [3.05, 3.63) is 24.3 Å². The first kappa shape index (κ1) is 8.63. The Bertz CT molecular complexity index is 327. The van der Waals surface area contributed by atoms with E-state index in [0.717, 1.165) is 4.90 Å². The summed E-state index contributed by atoms with van der Waals surface area (Å²) < 4.78 is 0. The number of phenols is 1. The minimum atomic E-state index is 0.312. The van der Waals surface area contributed by atoms with Crippen molar-refractivity contribution in [2.45, 2.75) is 23.0 Å². The first-order chi connectivity index (χ1) is 6.25. The molecule has 0 spiro atoms. The van der Waals surface area contributed by atoms with Crippen LogP contribution in [-0.2, 0) is 4.79 Å². The molecular weight excluding hydrogens is 184 g/mol. The minimum absolute atomic E-state index is 0.312. The van der Waals surface area contributed by atoms with Gasteiger partial charge in [0.2, 0.25) is 0 Å². The Morgan fingerprint density at radius 1 is 1.31 bits per heavy atom. The van der Waals surface area contributed by atoms with Gasteiger partial charge in [0, 0.05) is 23.0 Å². The molecule has 13 heavy (non-hydrogen) atoms. The molecule has 0 aliphatic heterocycles. The molecule has 0 amide bonds. The Morgan fingerprint density at radius 3 is 2.62 bits per heavy atom. The number of para-hydroxylation sites is 1. The van der Waals surface area contributed by atoms with E-state index in [1.807, 2.05) is 12.1 Å². The predicted molar refractivity (Wildman–Crippen MR) is 52.0 cm³/mol. The second-order valence-electron chi connectivity index (χ2n) is 3.15. The third-order valence-corrected chi connectivity index (χ3v) is 3.34. The van der Waals surface area contributed by atoms with Gasteiger partial charge in [0.15, 0.2) is 0 Å². The van der Waals surface area contributed by atoms with E-state index in [1.165, 1.54) is 0 Å². The zero-order valence-corrected chi connectivity index (χ0v) is 7.88. The number of carbonyl (C=O) groups excluding carboxylic acids is 1. The molecule has 0 heterocycles. The van der Waals surface area contributed by atoms with Crippen LogP contribution >= 0.6 is 11.8 Å². The van der Waals surface area contributed by atoms with Crippen LogP contribution in [0.15, 0.2) is 29.2 Å². The highest BCUT2D eigenvalue weighted by atomic mass is 32.2. The molecule has 0 saturated heterocycles. The van der Waals surface area contributed by atoms with Gasteiger partial charge < -0.3 is 5.11 Å². The Balaban J connectivity index is 2.02. The maximum atomic E-state index is 10.7. The van der Waals surface area contributed by atoms with E-state index < -0.39 is 0 Å². The Hall–Kier alpha value is -0.960. The molecule has 0 unspecified atom stereocenters. The van der Waals surface area contributed by atoms with Crippen molar-refractivity contribution >= 4 is 17.5 Å². The lowest BCUT2D eigenvalue weighted by Gasteiger charge is -2.23. The van der Waals surface area contributed by atoms with Gasteiger partial charge >= 0.3 is 0 Å². The third-order valence-electron chi connectivity index (χ3n) is 2.07. The van der Waals surface area contributed by atoms with Gasteiger partial charge in [-0.15, -0.1) is 11.8 Å². The van der Waals surface area contributed by atoms with Gasteiger partial charge in [0.1, 0.15) is 11.5 Å². The van der Waals surface area contributed by atoms with Crippen LogP contribution in [0.2, 0.25) is 0 Å². The number of carbonyl (C=O) groups is 1. The van der Waals surface area contributed by atoms with E-state index in [2.05, 4.69) is 0 Å².